The van der Waals surface area contributed by atoms with E-state index in [0.717, 1.165) is 22.3 Å². The lowest BCUT2D eigenvalue weighted by molar-refractivity contribution is -0.152. The molecule has 124 valence electrons. The second-order valence-electron chi connectivity index (χ2n) is 6.19. The van der Waals surface area contributed by atoms with Gasteiger partial charge in [-0.1, -0.05) is 50.7 Å². The average Bonchev–Trinajstić information content (AvgIpc) is 2.93. The lowest BCUT2D eigenvalue weighted by atomic mass is 9.75. The van der Waals surface area contributed by atoms with Gasteiger partial charge in [-0.15, -0.1) is 0 Å². The molecule has 0 N–H and O–H groups in total. The van der Waals surface area contributed by atoms with Crippen LogP contribution < -0.4 is 0 Å². The van der Waals surface area contributed by atoms with E-state index in [1.807, 2.05) is 6.26 Å². The van der Waals surface area contributed by atoms with Crippen LogP contribution in [0.25, 0.3) is 0 Å². The van der Waals surface area contributed by atoms with Crippen LogP contribution in [-0.2, 0) is 9.53 Å². The molecule has 0 aliphatic heterocycles. The zero-order valence-electron chi connectivity index (χ0n) is 13.6. The minimum Gasteiger partial charge on any atom is -0.461 e. The molecule has 1 aliphatic rings. The Labute approximate surface area is 145 Å². The number of ether oxygens (including phenoxy) is 1. The molecule has 22 heavy (non-hydrogen) atoms. The van der Waals surface area contributed by atoms with Gasteiger partial charge in [0.25, 0.3) is 0 Å². The van der Waals surface area contributed by atoms with E-state index in [-0.39, 0.29) is 12.1 Å². The Morgan fingerprint density at radius 1 is 1.45 bits per heavy atom. The van der Waals surface area contributed by atoms with Crippen LogP contribution in [0.15, 0.2) is 9.50 Å². The molecule has 0 radical (unpaired) electrons. The van der Waals surface area contributed by atoms with Gasteiger partial charge in [-0.3, -0.25) is 4.79 Å². The van der Waals surface area contributed by atoms with E-state index in [4.69, 9.17) is 4.74 Å². The topological polar surface area (TPSA) is 52.1 Å². The Kier molecular flexibility index (Phi) is 7.02. The van der Waals surface area contributed by atoms with Crippen LogP contribution in [0.5, 0.6) is 0 Å². The monoisotopic (exact) mass is 360 g/mol. The molecule has 1 saturated carbocycles. The highest BCUT2D eigenvalue weighted by molar-refractivity contribution is 8.01. The highest BCUT2D eigenvalue weighted by atomic mass is 32.2. The molecule has 0 aromatic carbocycles. The SMILES string of the molecule is CSc1nsc(SCC(=O)O[C@@H]2C[C@H](C)CC[C@H]2C(C)C)n1. The summed E-state index contributed by atoms with van der Waals surface area (Å²) in [6, 6.07) is 0. The van der Waals surface area contributed by atoms with Gasteiger partial charge in [0.2, 0.25) is 5.16 Å². The van der Waals surface area contributed by atoms with Gasteiger partial charge in [-0.2, -0.15) is 4.37 Å². The van der Waals surface area contributed by atoms with Crippen LogP contribution in [-0.4, -0.2) is 33.4 Å². The normalized spacial score (nSPS) is 25.4. The van der Waals surface area contributed by atoms with Crippen LogP contribution in [0.4, 0.5) is 0 Å². The van der Waals surface area contributed by atoms with Crippen molar-refractivity contribution >= 4 is 41.0 Å². The number of esters is 1. The zero-order chi connectivity index (χ0) is 16.1. The third-order valence-electron chi connectivity index (χ3n) is 4.13. The summed E-state index contributed by atoms with van der Waals surface area (Å²) in [7, 11) is 0. The van der Waals surface area contributed by atoms with E-state index in [0.29, 0.717) is 23.5 Å². The predicted octanol–water partition coefficient (Wildman–Crippen LogP) is 4.36. The Bertz CT molecular complexity index is 493. The fourth-order valence-electron chi connectivity index (χ4n) is 2.91. The second kappa shape index (κ2) is 8.55. The maximum Gasteiger partial charge on any atom is 0.316 e. The van der Waals surface area contributed by atoms with E-state index in [1.54, 1.807) is 0 Å². The molecule has 1 aromatic heterocycles. The Morgan fingerprint density at radius 2 is 2.23 bits per heavy atom. The van der Waals surface area contributed by atoms with Crippen LogP contribution in [0.1, 0.15) is 40.0 Å². The lowest BCUT2D eigenvalue weighted by Gasteiger charge is -2.36. The van der Waals surface area contributed by atoms with E-state index in [1.165, 1.54) is 41.5 Å². The van der Waals surface area contributed by atoms with Gasteiger partial charge in [0.1, 0.15) is 6.10 Å². The van der Waals surface area contributed by atoms with Crippen molar-refractivity contribution in [3.05, 3.63) is 0 Å². The summed E-state index contributed by atoms with van der Waals surface area (Å²) in [6.45, 7) is 6.69. The number of hydrogen-bond acceptors (Lipinski definition) is 7. The number of rotatable bonds is 6. The molecule has 4 nitrogen and oxygen atoms in total. The highest BCUT2D eigenvalue weighted by Gasteiger charge is 2.33. The Hall–Kier alpha value is -0.270. The number of thioether (sulfide) groups is 2. The van der Waals surface area contributed by atoms with Crippen molar-refractivity contribution in [3.63, 3.8) is 0 Å². The summed E-state index contributed by atoms with van der Waals surface area (Å²) in [6.07, 6.45) is 5.43. The molecule has 0 spiro atoms. The summed E-state index contributed by atoms with van der Waals surface area (Å²) in [5.41, 5.74) is 0. The Balaban J connectivity index is 1.84. The second-order valence-corrected chi connectivity index (χ2v) is 8.94. The van der Waals surface area contributed by atoms with E-state index >= 15 is 0 Å². The van der Waals surface area contributed by atoms with Crippen molar-refractivity contribution in [2.45, 2.75) is 55.6 Å². The van der Waals surface area contributed by atoms with Gasteiger partial charge in [-0.05, 0) is 48.4 Å². The zero-order valence-corrected chi connectivity index (χ0v) is 16.0. The predicted molar refractivity (Wildman–Crippen MR) is 93.6 cm³/mol. The van der Waals surface area contributed by atoms with Crippen molar-refractivity contribution < 1.29 is 9.53 Å². The van der Waals surface area contributed by atoms with Crippen LogP contribution >= 0.6 is 35.1 Å². The van der Waals surface area contributed by atoms with E-state index < -0.39 is 0 Å². The first-order valence-electron chi connectivity index (χ1n) is 7.69. The largest absolute Gasteiger partial charge is 0.461 e. The molecule has 7 heteroatoms. The third kappa shape index (κ3) is 5.13. The molecule has 1 aliphatic carbocycles. The summed E-state index contributed by atoms with van der Waals surface area (Å²) < 4.78 is 10.8. The molecule has 3 atom stereocenters. The fraction of sp³-hybridized carbons (Fsp3) is 0.800. The van der Waals surface area contributed by atoms with Gasteiger partial charge in [0.15, 0.2) is 4.34 Å². The molecule has 1 heterocycles. The Morgan fingerprint density at radius 3 is 2.86 bits per heavy atom. The minimum atomic E-state index is -0.129. The van der Waals surface area contributed by atoms with Gasteiger partial charge in [-0.25, -0.2) is 4.98 Å². The minimum absolute atomic E-state index is 0.0769. The molecule has 0 saturated heterocycles. The molecule has 0 amide bonds. The van der Waals surface area contributed by atoms with Gasteiger partial charge in [0.05, 0.1) is 5.75 Å². The molecular weight excluding hydrogens is 336 g/mol. The first-order valence-corrected chi connectivity index (χ1v) is 10.7. The van der Waals surface area contributed by atoms with E-state index in [2.05, 4.69) is 30.1 Å². The summed E-state index contributed by atoms with van der Waals surface area (Å²) in [4.78, 5) is 16.5. The number of hydrogen-bond donors (Lipinski definition) is 0. The summed E-state index contributed by atoms with van der Waals surface area (Å²) in [5.74, 6) is 1.89. The summed E-state index contributed by atoms with van der Waals surface area (Å²) in [5, 5.41) is 0.766. The van der Waals surface area contributed by atoms with Gasteiger partial charge < -0.3 is 4.74 Å². The standard InChI is InChI=1S/C15H24N2O2S3/c1-9(2)11-6-5-10(3)7-12(11)19-13(18)8-21-15-16-14(20-4)17-22-15/h9-12H,5-8H2,1-4H3/t10-,11+,12-/m1/s1. The summed E-state index contributed by atoms with van der Waals surface area (Å²) >= 11 is 4.28. The number of carbonyl (C=O) groups excluding carboxylic acids is 1. The molecule has 1 aromatic rings. The highest BCUT2D eigenvalue weighted by Crippen LogP contribution is 2.35. The van der Waals surface area contributed by atoms with Crippen molar-refractivity contribution in [1.82, 2.24) is 9.36 Å². The molecular formula is C15H24N2O2S3. The maximum absolute atomic E-state index is 12.1. The number of nitrogens with zero attached hydrogens (tertiary/aromatic N) is 2. The molecule has 0 unspecified atom stereocenters. The maximum atomic E-state index is 12.1. The molecule has 1 fully saturated rings. The van der Waals surface area contributed by atoms with Crippen molar-refractivity contribution in [2.75, 3.05) is 12.0 Å². The van der Waals surface area contributed by atoms with Gasteiger partial charge in [0, 0.05) is 0 Å². The average molecular weight is 361 g/mol. The van der Waals surface area contributed by atoms with Crippen LogP contribution in [0.2, 0.25) is 0 Å². The molecule has 2 rings (SSSR count). The first kappa shape index (κ1) is 18.1. The van der Waals surface area contributed by atoms with Gasteiger partial charge >= 0.3 is 5.97 Å². The lowest BCUT2D eigenvalue weighted by Crippen LogP contribution is -2.36. The molecule has 0 bridgehead atoms. The van der Waals surface area contributed by atoms with Crippen LogP contribution in [0.3, 0.4) is 0 Å². The van der Waals surface area contributed by atoms with Crippen molar-refractivity contribution in [1.29, 1.82) is 0 Å². The van der Waals surface area contributed by atoms with Crippen LogP contribution in [0, 0.1) is 17.8 Å². The number of aromatic nitrogens is 2. The van der Waals surface area contributed by atoms with Crippen molar-refractivity contribution in [3.8, 4) is 0 Å². The van der Waals surface area contributed by atoms with E-state index in [9.17, 15) is 4.79 Å². The number of carbonyl (C=O) groups is 1. The quantitative estimate of drug-likeness (QED) is 0.555. The third-order valence-corrected chi connectivity index (χ3v) is 6.60. The fourth-order valence-corrected chi connectivity index (χ4v) is 4.90. The first-order chi connectivity index (χ1) is 10.5. The van der Waals surface area contributed by atoms with Crippen molar-refractivity contribution in [2.24, 2.45) is 17.8 Å². The smallest absolute Gasteiger partial charge is 0.316 e.